The molecular weight excluding hydrogens is 239 g/mol. The van der Waals surface area contributed by atoms with E-state index in [-0.39, 0.29) is 11.4 Å². The van der Waals surface area contributed by atoms with Gasteiger partial charge in [-0.05, 0) is 51.3 Å². The molecule has 2 aliphatic rings. The van der Waals surface area contributed by atoms with Gasteiger partial charge in [-0.1, -0.05) is 18.2 Å². The first kappa shape index (κ1) is 13.1. The summed E-state index contributed by atoms with van der Waals surface area (Å²) in [5.41, 5.74) is 1.05. The van der Waals surface area contributed by atoms with Gasteiger partial charge in [0.15, 0.2) is 0 Å². The van der Waals surface area contributed by atoms with E-state index >= 15 is 0 Å². The van der Waals surface area contributed by atoms with Crippen LogP contribution in [-0.4, -0.2) is 30.1 Å². The molecule has 1 aliphatic carbocycles. The lowest BCUT2D eigenvalue weighted by molar-refractivity contribution is 0.193. The maximum absolute atomic E-state index is 13.8. The van der Waals surface area contributed by atoms with Crippen molar-refractivity contribution in [1.29, 1.82) is 0 Å². The molecule has 2 fully saturated rings. The Morgan fingerprint density at radius 2 is 2.16 bits per heavy atom. The van der Waals surface area contributed by atoms with Crippen LogP contribution in [0.2, 0.25) is 0 Å². The van der Waals surface area contributed by atoms with Crippen molar-refractivity contribution in [1.82, 2.24) is 10.2 Å². The molecule has 1 aliphatic heterocycles. The standard InChI is InChI=1S/C16H23FN2/c1-16(14-7-8-14)12-19(10-4-9-18-16)11-13-5-2-3-6-15(13)17/h2-3,5-6,14,18H,4,7-12H2,1H3. The Kier molecular flexibility index (Phi) is 3.59. The zero-order valence-electron chi connectivity index (χ0n) is 11.7. The first-order chi connectivity index (χ1) is 9.17. The fourth-order valence-electron chi connectivity index (χ4n) is 3.27. The predicted molar refractivity (Wildman–Crippen MR) is 75.4 cm³/mol. The monoisotopic (exact) mass is 262 g/mol. The van der Waals surface area contributed by atoms with Gasteiger partial charge in [0, 0.05) is 24.2 Å². The Balaban J connectivity index is 1.71. The molecule has 104 valence electrons. The maximum Gasteiger partial charge on any atom is 0.127 e. The maximum atomic E-state index is 13.8. The van der Waals surface area contributed by atoms with Crippen molar-refractivity contribution in [3.05, 3.63) is 35.6 Å². The van der Waals surface area contributed by atoms with Crippen LogP contribution < -0.4 is 5.32 Å². The van der Waals surface area contributed by atoms with Gasteiger partial charge in [-0.15, -0.1) is 0 Å². The number of benzene rings is 1. The third-order valence-electron chi connectivity index (χ3n) is 4.56. The molecule has 0 spiro atoms. The summed E-state index contributed by atoms with van der Waals surface area (Å²) in [5.74, 6) is 0.738. The molecule has 1 N–H and O–H groups in total. The molecule has 0 radical (unpaired) electrons. The second-order valence-electron chi connectivity index (χ2n) is 6.27. The highest BCUT2D eigenvalue weighted by Crippen LogP contribution is 2.40. The van der Waals surface area contributed by atoms with E-state index in [1.807, 2.05) is 12.1 Å². The summed E-state index contributed by atoms with van der Waals surface area (Å²) in [7, 11) is 0. The van der Waals surface area contributed by atoms with E-state index in [2.05, 4.69) is 17.1 Å². The number of halogens is 1. The SMILES string of the molecule is CC1(C2CC2)CN(Cc2ccccc2F)CCCN1. The fraction of sp³-hybridized carbons (Fsp3) is 0.625. The summed E-state index contributed by atoms with van der Waals surface area (Å²) in [6.07, 6.45) is 3.84. The lowest BCUT2D eigenvalue weighted by Crippen LogP contribution is -2.50. The van der Waals surface area contributed by atoms with Crippen molar-refractivity contribution in [3.8, 4) is 0 Å². The number of nitrogens with zero attached hydrogens (tertiary/aromatic N) is 1. The zero-order chi connectivity index (χ0) is 13.3. The molecule has 2 nitrogen and oxygen atoms in total. The Morgan fingerprint density at radius 3 is 2.89 bits per heavy atom. The van der Waals surface area contributed by atoms with Crippen LogP contribution in [0.15, 0.2) is 24.3 Å². The number of nitrogens with one attached hydrogen (secondary N) is 1. The Hall–Kier alpha value is -0.930. The lowest BCUT2D eigenvalue weighted by Gasteiger charge is -2.34. The van der Waals surface area contributed by atoms with Gasteiger partial charge >= 0.3 is 0 Å². The predicted octanol–water partition coefficient (Wildman–Crippen LogP) is 2.79. The van der Waals surface area contributed by atoms with Crippen LogP contribution in [0.1, 0.15) is 31.7 Å². The topological polar surface area (TPSA) is 15.3 Å². The third-order valence-corrected chi connectivity index (χ3v) is 4.56. The second kappa shape index (κ2) is 5.22. The van der Waals surface area contributed by atoms with E-state index in [1.165, 1.54) is 12.8 Å². The van der Waals surface area contributed by atoms with Gasteiger partial charge in [0.05, 0.1) is 0 Å². The van der Waals surface area contributed by atoms with Gasteiger partial charge in [-0.25, -0.2) is 4.39 Å². The molecule has 0 amide bonds. The molecule has 1 heterocycles. The highest BCUT2D eigenvalue weighted by atomic mass is 19.1. The first-order valence-electron chi connectivity index (χ1n) is 7.38. The van der Waals surface area contributed by atoms with Crippen LogP contribution in [0.5, 0.6) is 0 Å². The minimum atomic E-state index is -0.0761. The molecule has 1 saturated carbocycles. The summed E-state index contributed by atoms with van der Waals surface area (Å²) in [6, 6.07) is 7.15. The van der Waals surface area contributed by atoms with Crippen LogP contribution in [0.25, 0.3) is 0 Å². The van der Waals surface area contributed by atoms with Gasteiger partial charge in [0.2, 0.25) is 0 Å². The Morgan fingerprint density at radius 1 is 1.37 bits per heavy atom. The Bertz CT molecular complexity index is 444. The van der Waals surface area contributed by atoms with E-state index in [0.717, 1.165) is 44.1 Å². The second-order valence-corrected chi connectivity index (χ2v) is 6.27. The van der Waals surface area contributed by atoms with E-state index < -0.39 is 0 Å². The Labute approximate surface area is 115 Å². The van der Waals surface area contributed by atoms with Gasteiger partial charge in [-0.3, -0.25) is 4.90 Å². The smallest absolute Gasteiger partial charge is 0.127 e. The van der Waals surface area contributed by atoms with Crippen molar-refractivity contribution in [2.24, 2.45) is 5.92 Å². The average Bonchev–Trinajstić information content (AvgIpc) is 3.20. The number of rotatable bonds is 3. The summed E-state index contributed by atoms with van der Waals surface area (Å²) in [4.78, 5) is 2.41. The normalized spacial score (nSPS) is 29.2. The third kappa shape index (κ3) is 2.98. The van der Waals surface area contributed by atoms with Crippen LogP contribution >= 0.6 is 0 Å². The van der Waals surface area contributed by atoms with E-state index in [4.69, 9.17) is 0 Å². The van der Waals surface area contributed by atoms with E-state index in [1.54, 1.807) is 12.1 Å². The summed E-state index contributed by atoms with van der Waals surface area (Å²) >= 11 is 0. The van der Waals surface area contributed by atoms with Crippen molar-refractivity contribution in [3.63, 3.8) is 0 Å². The molecule has 1 aromatic rings. The van der Waals surface area contributed by atoms with Gasteiger partial charge < -0.3 is 5.32 Å². The largest absolute Gasteiger partial charge is 0.310 e. The van der Waals surface area contributed by atoms with Crippen LogP contribution in [0.4, 0.5) is 4.39 Å². The molecule has 0 bridgehead atoms. The molecule has 1 atom stereocenters. The highest BCUT2D eigenvalue weighted by molar-refractivity contribution is 5.17. The van der Waals surface area contributed by atoms with E-state index in [0.29, 0.717) is 0 Å². The molecule has 0 aromatic heterocycles. The lowest BCUT2D eigenvalue weighted by atomic mass is 9.95. The summed E-state index contributed by atoms with van der Waals surface area (Å²) < 4.78 is 13.8. The quantitative estimate of drug-likeness (QED) is 0.901. The van der Waals surface area contributed by atoms with Gasteiger partial charge in [0.1, 0.15) is 5.82 Å². The molecule has 3 rings (SSSR count). The number of hydrogen-bond acceptors (Lipinski definition) is 2. The molecule has 1 unspecified atom stereocenters. The zero-order valence-corrected chi connectivity index (χ0v) is 11.7. The van der Waals surface area contributed by atoms with Crippen LogP contribution in [0, 0.1) is 11.7 Å². The summed E-state index contributed by atoms with van der Waals surface area (Å²) in [6.45, 7) is 6.25. The molecule has 19 heavy (non-hydrogen) atoms. The van der Waals surface area contributed by atoms with Crippen LogP contribution in [0.3, 0.4) is 0 Å². The molecule has 1 aromatic carbocycles. The summed E-state index contributed by atoms with van der Waals surface area (Å²) in [5, 5.41) is 3.71. The fourth-order valence-corrected chi connectivity index (χ4v) is 3.27. The average molecular weight is 262 g/mol. The molecule has 3 heteroatoms. The van der Waals surface area contributed by atoms with Crippen molar-refractivity contribution in [2.45, 2.75) is 38.3 Å². The molecular formula is C16H23FN2. The molecule has 1 saturated heterocycles. The van der Waals surface area contributed by atoms with Crippen LogP contribution in [-0.2, 0) is 6.54 Å². The van der Waals surface area contributed by atoms with Crippen molar-refractivity contribution < 1.29 is 4.39 Å². The minimum absolute atomic E-state index is 0.0761. The van der Waals surface area contributed by atoms with Crippen molar-refractivity contribution in [2.75, 3.05) is 19.6 Å². The highest BCUT2D eigenvalue weighted by Gasteiger charge is 2.42. The number of hydrogen-bond donors (Lipinski definition) is 1. The minimum Gasteiger partial charge on any atom is -0.310 e. The van der Waals surface area contributed by atoms with Crippen molar-refractivity contribution >= 4 is 0 Å². The van der Waals surface area contributed by atoms with Gasteiger partial charge in [0.25, 0.3) is 0 Å². The first-order valence-corrected chi connectivity index (χ1v) is 7.38. The van der Waals surface area contributed by atoms with E-state index in [9.17, 15) is 4.39 Å². The van der Waals surface area contributed by atoms with Gasteiger partial charge in [-0.2, -0.15) is 0 Å².